The number of nitrogens with zero attached hydrogens (tertiary/aromatic N) is 2. The summed E-state index contributed by atoms with van der Waals surface area (Å²) in [6.07, 6.45) is 6.99. The molecule has 0 unspecified atom stereocenters. The van der Waals surface area contributed by atoms with Gasteiger partial charge < -0.3 is 25.0 Å². The number of guanidine groups is 1. The molecule has 164 valence electrons. The highest BCUT2D eigenvalue weighted by Gasteiger charge is 2.19. The molecule has 0 amide bonds. The van der Waals surface area contributed by atoms with Gasteiger partial charge in [-0.25, -0.2) is 0 Å². The SMILES string of the molecule is CCCCN1CCC(NC(=NC)NCCCc2ccc(OC)c(OCC)c2)CC1. The smallest absolute Gasteiger partial charge is 0.191 e. The van der Waals surface area contributed by atoms with E-state index in [2.05, 4.69) is 39.6 Å². The first-order valence-corrected chi connectivity index (χ1v) is 11.2. The maximum atomic E-state index is 5.67. The molecule has 2 rings (SSSR count). The molecule has 0 saturated carbocycles. The molecule has 0 aromatic heterocycles. The van der Waals surface area contributed by atoms with Crippen LogP contribution in [0.2, 0.25) is 0 Å². The topological polar surface area (TPSA) is 58.1 Å². The fraction of sp³-hybridized carbons (Fsp3) is 0.696. The lowest BCUT2D eigenvalue weighted by Gasteiger charge is -2.33. The summed E-state index contributed by atoms with van der Waals surface area (Å²) in [6, 6.07) is 6.71. The van der Waals surface area contributed by atoms with Gasteiger partial charge in [-0.3, -0.25) is 4.99 Å². The number of rotatable bonds is 11. The van der Waals surface area contributed by atoms with E-state index in [1.165, 1.54) is 50.9 Å². The molecule has 2 N–H and O–H groups in total. The molecule has 1 aliphatic rings. The molecular formula is C23H40N4O2. The molecule has 0 bridgehead atoms. The van der Waals surface area contributed by atoms with Crippen molar-refractivity contribution in [1.29, 1.82) is 0 Å². The van der Waals surface area contributed by atoms with Crippen LogP contribution < -0.4 is 20.1 Å². The highest BCUT2D eigenvalue weighted by molar-refractivity contribution is 5.79. The lowest BCUT2D eigenvalue weighted by molar-refractivity contribution is 0.203. The maximum absolute atomic E-state index is 5.67. The fourth-order valence-electron chi connectivity index (χ4n) is 3.71. The third-order valence-corrected chi connectivity index (χ3v) is 5.44. The van der Waals surface area contributed by atoms with Crippen LogP contribution in [0.1, 0.15) is 51.5 Å². The van der Waals surface area contributed by atoms with Crippen molar-refractivity contribution in [2.24, 2.45) is 4.99 Å². The Hall–Kier alpha value is -1.95. The number of unbranched alkanes of at least 4 members (excludes halogenated alkanes) is 1. The first kappa shape index (κ1) is 23.3. The number of benzene rings is 1. The van der Waals surface area contributed by atoms with Crippen LogP contribution in [0.3, 0.4) is 0 Å². The lowest BCUT2D eigenvalue weighted by Crippen LogP contribution is -2.48. The molecule has 0 atom stereocenters. The van der Waals surface area contributed by atoms with Crippen LogP contribution in [0, 0.1) is 0 Å². The molecule has 1 saturated heterocycles. The van der Waals surface area contributed by atoms with Crippen molar-refractivity contribution in [1.82, 2.24) is 15.5 Å². The maximum Gasteiger partial charge on any atom is 0.191 e. The molecule has 1 aromatic carbocycles. The van der Waals surface area contributed by atoms with Crippen LogP contribution in [0.5, 0.6) is 11.5 Å². The Kier molecular flexibility index (Phi) is 10.7. The second kappa shape index (κ2) is 13.3. The van der Waals surface area contributed by atoms with Gasteiger partial charge in [0.25, 0.3) is 0 Å². The zero-order valence-electron chi connectivity index (χ0n) is 18.8. The summed E-state index contributed by atoms with van der Waals surface area (Å²) in [6.45, 7) is 9.40. The fourth-order valence-corrected chi connectivity index (χ4v) is 3.71. The van der Waals surface area contributed by atoms with Crippen LogP contribution in [0.25, 0.3) is 0 Å². The van der Waals surface area contributed by atoms with E-state index in [1.807, 2.05) is 20.0 Å². The molecule has 1 fully saturated rings. The molecule has 6 heteroatoms. The number of hydrogen-bond donors (Lipinski definition) is 2. The Balaban J connectivity index is 1.69. The van der Waals surface area contributed by atoms with Crippen LogP contribution >= 0.6 is 0 Å². The molecule has 1 aromatic rings. The quantitative estimate of drug-likeness (QED) is 0.336. The monoisotopic (exact) mass is 404 g/mol. The number of aryl methyl sites for hydroxylation is 1. The molecule has 0 radical (unpaired) electrons. The normalized spacial score (nSPS) is 15.9. The van der Waals surface area contributed by atoms with Gasteiger partial charge in [0.05, 0.1) is 13.7 Å². The minimum Gasteiger partial charge on any atom is -0.493 e. The number of methoxy groups -OCH3 is 1. The third kappa shape index (κ3) is 8.13. The van der Waals surface area contributed by atoms with Crippen LogP contribution in [-0.2, 0) is 6.42 Å². The van der Waals surface area contributed by atoms with Gasteiger partial charge in [0.15, 0.2) is 17.5 Å². The summed E-state index contributed by atoms with van der Waals surface area (Å²) >= 11 is 0. The average molecular weight is 405 g/mol. The lowest BCUT2D eigenvalue weighted by atomic mass is 10.0. The second-order valence-electron chi connectivity index (χ2n) is 7.63. The van der Waals surface area contributed by atoms with Crippen molar-refractivity contribution in [2.45, 2.75) is 58.4 Å². The van der Waals surface area contributed by atoms with E-state index in [0.717, 1.165) is 36.8 Å². The van der Waals surface area contributed by atoms with Gasteiger partial charge in [0.2, 0.25) is 0 Å². The van der Waals surface area contributed by atoms with E-state index in [1.54, 1.807) is 7.11 Å². The average Bonchev–Trinajstić information content (AvgIpc) is 2.75. The Labute approximate surface area is 177 Å². The van der Waals surface area contributed by atoms with Crippen LogP contribution in [-0.4, -0.2) is 63.8 Å². The Bertz CT molecular complexity index is 613. The molecular weight excluding hydrogens is 364 g/mol. The van der Waals surface area contributed by atoms with Gasteiger partial charge in [-0.15, -0.1) is 0 Å². The standard InChI is InChI=1S/C23H40N4O2/c1-5-7-15-27-16-12-20(13-17-27)26-23(24-3)25-14-8-9-19-10-11-21(28-4)22(18-19)29-6-2/h10-11,18,20H,5-9,12-17H2,1-4H3,(H2,24,25,26). The van der Waals surface area contributed by atoms with Crippen molar-refractivity contribution in [3.8, 4) is 11.5 Å². The Morgan fingerprint density at radius 3 is 2.62 bits per heavy atom. The summed E-state index contributed by atoms with van der Waals surface area (Å²) in [7, 11) is 3.53. The second-order valence-corrected chi connectivity index (χ2v) is 7.63. The zero-order chi connectivity index (χ0) is 20.9. The van der Waals surface area contributed by atoms with Crippen molar-refractivity contribution >= 4 is 5.96 Å². The van der Waals surface area contributed by atoms with Gasteiger partial charge in [-0.2, -0.15) is 0 Å². The van der Waals surface area contributed by atoms with Gasteiger partial charge in [-0.1, -0.05) is 19.4 Å². The molecule has 0 spiro atoms. The Morgan fingerprint density at radius 2 is 1.97 bits per heavy atom. The van der Waals surface area contributed by atoms with Crippen molar-refractivity contribution < 1.29 is 9.47 Å². The number of likely N-dealkylation sites (tertiary alicyclic amines) is 1. The highest BCUT2D eigenvalue weighted by Crippen LogP contribution is 2.28. The number of hydrogen-bond acceptors (Lipinski definition) is 4. The number of aliphatic imine (C=N–C) groups is 1. The third-order valence-electron chi connectivity index (χ3n) is 5.44. The minimum absolute atomic E-state index is 0.523. The predicted octanol–water partition coefficient (Wildman–Crippen LogP) is 3.46. The van der Waals surface area contributed by atoms with E-state index in [-0.39, 0.29) is 0 Å². The van der Waals surface area contributed by atoms with Gasteiger partial charge >= 0.3 is 0 Å². The van der Waals surface area contributed by atoms with E-state index in [9.17, 15) is 0 Å². The molecule has 6 nitrogen and oxygen atoms in total. The highest BCUT2D eigenvalue weighted by atomic mass is 16.5. The Morgan fingerprint density at radius 1 is 1.17 bits per heavy atom. The first-order valence-electron chi connectivity index (χ1n) is 11.2. The van der Waals surface area contributed by atoms with E-state index in [4.69, 9.17) is 9.47 Å². The van der Waals surface area contributed by atoms with E-state index < -0.39 is 0 Å². The zero-order valence-corrected chi connectivity index (χ0v) is 18.8. The summed E-state index contributed by atoms with van der Waals surface area (Å²) in [5.74, 6) is 2.53. The van der Waals surface area contributed by atoms with Gasteiger partial charge in [-0.05, 0) is 63.3 Å². The molecule has 29 heavy (non-hydrogen) atoms. The van der Waals surface area contributed by atoms with Crippen molar-refractivity contribution in [2.75, 3.05) is 46.9 Å². The van der Waals surface area contributed by atoms with E-state index >= 15 is 0 Å². The number of nitrogens with one attached hydrogen (secondary N) is 2. The van der Waals surface area contributed by atoms with Gasteiger partial charge in [0, 0.05) is 32.7 Å². The predicted molar refractivity (Wildman–Crippen MR) is 121 cm³/mol. The summed E-state index contributed by atoms with van der Waals surface area (Å²) in [5, 5.41) is 7.06. The summed E-state index contributed by atoms with van der Waals surface area (Å²) < 4.78 is 11.0. The van der Waals surface area contributed by atoms with Crippen molar-refractivity contribution in [3.05, 3.63) is 23.8 Å². The molecule has 1 aliphatic heterocycles. The summed E-state index contributed by atoms with van der Waals surface area (Å²) in [5.41, 5.74) is 1.26. The number of ether oxygens (including phenoxy) is 2. The van der Waals surface area contributed by atoms with Crippen molar-refractivity contribution in [3.63, 3.8) is 0 Å². The van der Waals surface area contributed by atoms with Crippen LogP contribution in [0.15, 0.2) is 23.2 Å². The first-order chi connectivity index (χ1) is 14.2. The minimum atomic E-state index is 0.523. The summed E-state index contributed by atoms with van der Waals surface area (Å²) in [4.78, 5) is 6.99. The van der Waals surface area contributed by atoms with Gasteiger partial charge in [0.1, 0.15) is 0 Å². The van der Waals surface area contributed by atoms with Crippen LogP contribution in [0.4, 0.5) is 0 Å². The molecule has 0 aliphatic carbocycles. The largest absolute Gasteiger partial charge is 0.493 e. The number of piperidine rings is 1. The van der Waals surface area contributed by atoms with E-state index in [0.29, 0.717) is 12.6 Å². The molecule has 1 heterocycles.